The SMILES string of the molecule is CC[C@@]1(CCc2sc(C(=O)CCCc3ccc(C)c(C)c3)cc2C)COC(=O)N1. The summed E-state index contributed by atoms with van der Waals surface area (Å²) in [5, 5.41) is 2.96. The first-order valence-corrected chi connectivity index (χ1v) is 11.3. The summed E-state index contributed by atoms with van der Waals surface area (Å²) in [7, 11) is 0. The zero-order valence-corrected chi connectivity index (χ0v) is 18.7. The number of aryl methyl sites for hydroxylation is 5. The van der Waals surface area contributed by atoms with E-state index >= 15 is 0 Å². The van der Waals surface area contributed by atoms with Gasteiger partial charge in [-0.05, 0) is 81.2 Å². The Morgan fingerprint density at radius 3 is 2.59 bits per heavy atom. The number of hydrogen-bond donors (Lipinski definition) is 1. The fourth-order valence-corrected chi connectivity index (χ4v) is 4.93. The van der Waals surface area contributed by atoms with Gasteiger partial charge in [-0.15, -0.1) is 11.3 Å². The van der Waals surface area contributed by atoms with Crippen molar-refractivity contribution in [1.29, 1.82) is 0 Å². The Hall–Kier alpha value is -2.14. The Balaban J connectivity index is 1.54. The van der Waals surface area contributed by atoms with Crippen LogP contribution in [0.1, 0.15) is 69.4 Å². The number of ketones is 1. The molecule has 156 valence electrons. The molecule has 1 aliphatic heterocycles. The quantitative estimate of drug-likeness (QED) is 0.537. The largest absolute Gasteiger partial charge is 0.447 e. The van der Waals surface area contributed by atoms with Gasteiger partial charge in [-0.25, -0.2) is 4.79 Å². The molecule has 0 spiro atoms. The van der Waals surface area contributed by atoms with Crippen LogP contribution in [0.2, 0.25) is 0 Å². The first-order valence-electron chi connectivity index (χ1n) is 10.5. The van der Waals surface area contributed by atoms with E-state index in [1.54, 1.807) is 11.3 Å². The van der Waals surface area contributed by atoms with E-state index in [0.29, 0.717) is 13.0 Å². The van der Waals surface area contributed by atoms with Crippen molar-refractivity contribution in [3.8, 4) is 0 Å². The van der Waals surface area contributed by atoms with E-state index < -0.39 is 0 Å². The Bertz CT molecular complexity index is 902. The molecule has 5 heteroatoms. The van der Waals surface area contributed by atoms with Crippen molar-refractivity contribution in [2.45, 2.75) is 71.8 Å². The lowest BCUT2D eigenvalue weighted by Crippen LogP contribution is -2.43. The standard InChI is InChI=1S/C24H31NO3S/c1-5-24(15-28-23(27)25-24)12-11-21-18(4)14-22(29-21)20(26)8-6-7-19-10-9-16(2)17(3)13-19/h9-10,13-14H,5-8,11-12,15H2,1-4H3,(H,25,27)/t24-/m1/s1. The number of benzene rings is 1. The van der Waals surface area contributed by atoms with Gasteiger partial charge in [-0.2, -0.15) is 0 Å². The second-order valence-electron chi connectivity index (χ2n) is 8.25. The fraction of sp³-hybridized carbons (Fsp3) is 0.500. The van der Waals surface area contributed by atoms with Crippen molar-refractivity contribution >= 4 is 23.2 Å². The molecule has 0 aliphatic carbocycles. The van der Waals surface area contributed by atoms with E-state index in [9.17, 15) is 9.59 Å². The molecule has 0 radical (unpaired) electrons. The lowest BCUT2D eigenvalue weighted by molar-refractivity contribution is 0.0984. The number of carbonyl (C=O) groups excluding carboxylic acids is 2. The lowest BCUT2D eigenvalue weighted by atomic mass is 9.91. The molecular formula is C24H31NO3S. The van der Waals surface area contributed by atoms with Crippen LogP contribution in [0.5, 0.6) is 0 Å². The zero-order chi connectivity index (χ0) is 21.0. The minimum Gasteiger partial charge on any atom is -0.447 e. The van der Waals surface area contributed by atoms with Gasteiger partial charge in [-0.1, -0.05) is 25.1 Å². The van der Waals surface area contributed by atoms with Crippen LogP contribution in [0, 0.1) is 20.8 Å². The number of ether oxygens (including phenoxy) is 1. The van der Waals surface area contributed by atoms with Gasteiger partial charge < -0.3 is 10.1 Å². The highest BCUT2D eigenvalue weighted by Crippen LogP contribution is 2.29. The number of cyclic esters (lactones) is 1. The highest BCUT2D eigenvalue weighted by Gasteiger charge is 2.37. The van der Waals surface area contributed by atoms with E-state index in [0.717, 1.165) is 37.0 Å². The molecule has 1 amide bonds. The maximum absolute atomic E-state index is 12.7. The predicted molar refractivity (Wildman–Crippen MR) is 118 cm³/mol. The Morgan fingerprint density at radius 1 is 1.14 bits per heavy atom. The third kappa shape index (κ3) is 5.27. The minimum atomic E-state index is -0.325. The summed E-state index contributed by atoms with van der Waals surface area (Å²) >= 11 is 1.61. The van der Waals surface area contributed by atoms with Gasteiger partial charge in [0, 0.05) is 11.3 Å². The molecule has 1 atom stereocenters. The molecule has 0 bridgehead atoms. The van der Waals surface area contributed by atoms with Crippen LogP contribution in [0.15, 0.2) is 24.3 Å². The summed E-state index contributed by atoms with van der Waals surface area (Å²) in [6, 6.07) is 8.57. The zero-order valence-electron chi connectivity index (χ0n) is 17.9. The number of nitrogens with one attached hydrogen (secondary N) is 1. The molecule has 1 aromatic carbocycles. The molecule has 1 aliphatic rings. The minimum absolute atomic E-state index is 0.232. The van der Waals surface area contributed by atoms with Crippen molar-refractivity contribution in [3.63, 3.8) is 0 Å². The summed E-state index contributed by atoms with van der Waals surface area (Å²) in [5.74, 6) is 0.232. The summed E-state index contributed by atoms with van der Waals surface area (Å²) in [6.07, 6.45) is 4.58. The van der Waals surface area contributed by atoms with Gasteiger partial charge in [0.05, 0.1) is 10.4 Å². The van der Waals surface area contributed by atoms with E-state index in [1.807, 2.05) is 6.07 Å². The van der Waals surface area contributed by atoms with Gasteiger partial charge in [0.2, 0.25) is 0 Å². The molecule has 3 rings (SSSR count). The predicted octanol–water partition coefficient (Wildman–Crippen LogP) is 5.70. The molecule has 2 heterocycles. The maximum Gasteiger partial charge on any atom is 0.407 e. The number of alkyl carbamates (subject to hydrolysis) is 1. The average molecular weight is 414 g/mol. The highest BCUT2D eigenvalue weighted by molar-refractivity contribution is 7.14. The fourth-order valence-electron chi connectivity index (χ4n) is 3.79. The Labute approximate surface area is 177 Å². The Kier molecular flexibility index (Phi) is 6.78. The molecule has 1 fully saturated rings. The number of amides is 1. The number of rotatable bonds is 9. The molecule has 29 heavy (non-hydrogen) atoms. The lowest BCUT2D eigenvalue weighted by Gasteiger charge is -2.24. The van der Waals surface area contributed by atoms with Crippen LogP contribution in [0.3, 0.4) is 0 Å². The van der Waals surface area contributed by atoms with Crippen molar-refractivity contribution in [1.82, 2.24) is 5.32 Å². The van der Waals surface area contributed by atoms with E-state index in [1.165, 1.54) is 27.1 Å². The third-order valence-corrected chi connectivity index (χ3v) is 7.43. The Morgan fingerprint density at radius 2 is 1.93 bits per heavy atom. The number of hydrogen-bond acceptors (Lipinski definition) is 4. The van der Waals surface area contributed by atoms with Crippen molar-refractivity contribution in [2.24, 2.45) is 0 Å². The molecule has 0 unspecified atom stereocenters. The van der Waals surface area contributed by atoms with Crippen LogP contribution < -0.4 is 5.32 Å². The third-order valence-electron chi connectivity index (χ3n) is 6.09. The average Bonchev–Trinajstić information content (AvgIpc) is 3.26. The summed E-state index contributed by atoms with van der Waals surface area (Å²) in [4.78, 5) is 26.2. The monoisotopic (exact) mass is 413 g/mol. The highest BCUT2D eigenvalue weighted by atomic mass is 32.1. The summed E-state index contributed by atoms with van der Waals surface area (Å²) < 4.78 is 5.12. The van der Waals surface area contributed by atoms with Crippen LogP contribution in [-0.2, 0) is 17.6 Å². The van der Waals surface area contributed by atoms with Crippen LogP contribution >= 0.6 is 11.3 Å². The molecule has 1 saturated heterocycles. The van der Waals surface area contributed by atoms with Crippen molar-refractivity contribution < 1.29 is 14.3 Å². The van der Waals surface area contributed by atoms with Crippen LogP contribution in [0.25, 0.3) is 0 Å². The van der Waals surface area contributed by atoms with Crippen LogP contribution in [0.4, 0.5) is 4.79 Å². The molecule has 1 N–H and O–H groups in total. The van der Waals surface area contributed by atoms with Crippen molar-refractivity contribution in [3.05, 3.63) is 56.3 Å². The molecule has 2 aromatic rings. The second kappa shape index (κ2) is 9.12. The van der Waals surface area contributed by atoms with Crippen molar-refractivity contribution in [2.75, 3.05) is 6.61 Å². The van der Waals surface area contributed by atoms with Gasteiger partial charge in [0.25, 0.3) is 0 Å². The van der Waals surface area contributed by atoms with Gasteiger partial charge in [0.1, 0.15) is 6.61 Å². The molecule has 0 saturated carbocycles. The first-order chi connectivity index (χ1) is 13.8. The topological polar surface area (TPSA) is 55.4 Å². The second-order valence-corrected chi connectivity index (χ2v) is 9.38. The van der Waals surface area contributed by atoms with E-state index in [2.05, 4.69) is 51.2 Å². The van der Waals surface area contributed by atoms with Gasteiger partial charge in [-0.3, -0.25) is 4.79 Å². The number of Topliss-reactive ketones (excluding diaryl/α,β-unsaturated/α-hetero) is 1. The number of thiophene rings is 1. The normalized spacial score (nSPS) is 18.6. The smallest absolute Gasteiger partial charge is 0.407 e. The first kappa shape index (κ1) is 21.6. The maximum atomic E-state index is 12.7. The van der Waals surface area contributed by atoms with Gasteiger partial charge in [0.15, 0.2) is 5.78 Å². The van der Waals surface area contributed by atoms with E-state index in [4.69, 9.17) is 4.74 Å². The molecular weight excluding hydrogens is 382 g/mol. The number of carbonyl (C=O) groups is 2. The molecule has 1 aromatic heterocycles. The van der Waals surface area contributed by atoms with E-state index in [-0.39, 0.29) is 17.4 Å². The summed E-state index contributed by atoms with van der Waals surface area (Å²) in [6.45, 7) is 8.82. The van der Waals surface area contributed by atoms with Crippen LogP contribution in [-0.4, -0.2) is 24.0 Å². The summed E-state index contributed by atoms with van der Waals surface area (Å²) in [5.41, 5.74) is 4.81. The molecule has 4 nitrogen and oxygen atoms in total. The van der Waals surface area contributed by atoms with Gasteiger partial charge >= 0.3 is 6.09 Å².